The zero-order valence-corrected chi connectivity index (χ0v) is 11.5. The summed E-state index contributed by atoms with van der Waals surface area (Å²) in [5.41, 5.74) is 0.796. The molecule has 0 aliphatic rings. The van der Waals surface area contributed by atoms with E-state index < -0.39 is 17.7 Å². The molecule has 0 heterocycles. The maximum atomic E-state index is 11.7. The van der Waals surface area contributed by atoms with Crippen molar-refractivity contribution in [1.29, 1.82) is 0 Å². The lowest BCUT2D eigenvalue weighted by Gasteiger charge is -2.18. The highest BCUT2D eigenvalue weighted by molar-refractivity contribution is 6.38. The van der Waals surface area contributed by atoms with Crippen LogP contribution in [-0.4, -0.2) is 36.1 Å². The summed E-state index contributed by atoms with van der Waals surface area (Å²) in [6.45, 7) is 1.71. The summed E-state index contributed by atoms with van der Waals surface area (Å²) in [4.78, 5) is 35.0. The molecule has 0 aliphatic carbocycles. The highest BCUT2D eigenvalue weighted by atomic mass is 35.5. The number of amides is 2. The van der Waals surface area contributed by atoms with Crippen LogP contribution in [0.4, 0.5) is 0 Å². The minimum atomic E-state index is -0.781. The monoisotopic (exact) mass is 282 g/mol. The Kier molecular flexibility index (Phi) is 5.51. The third-order valence-corrected chi connectivity index (χ3v) is 2.96. The number of carbonyl (C=O) groups excluding carboxylic acids is 3. The molecule has 0 radical (unpaired) electrons. The molecule has 6 heteroatoms. The van der Waals surface area contributed by atoms with Crippen LogP contribution in [0.3, 0.4) is 0 Å². The Morgan fingerprint density at radius 3 is 2.74 bits per heavy atom. The third kappa shape index (κ3) is 4.37. The van der Waals surface area contributed by atoms with Gasteiger partial charge in [0.05, 0.1) is 6.04 Å². The number of halogens is 1. The lowest BCUT2D eigenvalue weighted by molar-refractivity contribution is -0.141. The van der Waals surface area contributed by atoms with Gasteiger partial charge >= 0.3 is 0 Å². The van der Waals surface area contributed by atoms with Crippen LogP contribution >= 0.6 is 11.6 Å². The van der Waals surface area contributed by atoms with Crippen molar-refractivity contribution in [3.8, 4) is 0 Å². The second kappa shape index (κ2) is 6.89. The van der Waals surface area contributed by atoms with E-state index in [9.17, 15) is 14.4 Å². The summed E-state index contributed by atoms with van der Waals surface area (Å²) in [5, 5.41) is 3.06. The molecule has 0 saturated heterocycles. The molecule has 0 aliphatic heterocycles. The van der Waals surface area contributed by atoms with E-state index in [4.69, 9.17) is 11.6 Å². The largest absolute Gasteiger partial charge is 0.345 e. The van der Waals surface area contributed by atoms with E-state index in [0.29, 0.717) is 11.4 Å². The number of Topliss-reactive ketones (excluding diaryl/α,β-unsaturated/α-hetero) is 1. The summed E-state index contributed by atoms with van der Waals surface area (Å²) in [7, 11) is 1.44. The van der Waals surface area contributed by atoms with Gasteiger partial charge in [-0.3, -0.25) is 14.4 Å². The van der Waals surface area contributed by atoms with Crippen molar-refractivity contribution in [2.45, 2.75) is 19.5 Å². The van der Waals surface area contributed by atoms with E-state index in [-0.39, 0.29) is 6.54 Å². The Morgan fingerprint density at radius 1 is 1.47 bits per heavy atom. The van der Waals surface area contributed by atoms with Crippen molar-refractivity contribution in [3.05, 3.63) is 34.9 Å². The molecule has 0 bridgehead atoms. The average Bonchev–Trinajstić information content (AvgIpc) is 2.42. The SMILES string of the molecule is CC(C(=O)C(=O)NCc1cccc(Cl)c1)N(C)C=O. The minimum Gasteiger partial charge on any atom is -0.345 e. The Balaban J connectivity index is 2.56. The van der Waals surface area contributed by atoms with Gasteiger partial charge in [-0.1, -0.05) is 23.7 Å². The van der Waals surface area contributed by atoms with Gasteiger partial charge in [0.1, 0.15) is 0 Å². The Labute approximate surface area is 116 Å². The average molecular weight is 283 g/mol. The van der Waals surface area contributed by atoms with Crippen LogP contribution < -0.4 is 5.32 Å². The number of nitrogens with one attached hydrogen (secondary N) is 1. The number of benzene rings is 1. The first-order valence-corrected chi connectivity index (χ1v) is 6.07. The third-order valence-electron chi connectivity index (χ3n) is 2.72. The molecule has 5 nitrogen and oxygen atoms in total. The molecule has 1 rings (SSSR count). The molecule has 102 valence electrons. The number of ketones is 1. The normalized spacial score (nSPS) is 11.5. The molecule has 19 heavy (non-hydrogen) atoms. The van der Waals surface area contributed by atoms with E-state index in [1.807, 2.05) is 0 Å². The van der Waals surface area contributed by atoms with Gasteiger partial charge in [-0.2, -0.15) is 0 Å². The fourth-order valence-corrected chi connectivity index (χ4v) is 1.60. The van der Waals surface area contributed by atoms with Crippen LogP contribution in [0.5, 0.6) is 0 Å². The van der Waals surface area contributed by atoms with Crippen LogP contribution in [0.1, 0.15) is 12.5 Å². The second-order valence-corrected chi connectivity index (χ2v) is 4.56. The Morgan fingerprint density at radius 2 is 2.16 bits per heavy atom. The van der Waals surface area contributed by atoms with Crippen LogP contribution in [-0.2, 0) is 20.9 Å². The first-order valence-electron chi connectivity index (χ1n) is 5.69. The van der Waals surface area contributed by atoms with Crippen molar-refractivity contribution in [1.82, 2.24) is 10.2 Å². The maximum Gasteiger partial charge on any atom is 0.289 e. The topological polar surface area (TPSA) is 66.5 Å². The number of carbonyl (C=O) groups is 3. The predicted octanol–water partition coefficient (Wildman–Crippen LogP) is 1.00. The lowest BCUT2D eigenvalue weighted by atomic mass is 10.1. The quantitative estimate of drug-likeness (QED) is 0.625. The van der Waals surface area contributed by atoms with Gasteiger partial charge in [0.15, 0.2) is 0 Å². The molecular weight excluding hydrogens is 268 g/mol. The van der Waals surface area contributed by atoms with Gasteiger partial charge in [-0.25, -0.2) is 0 Å². The number of likely N-dealkylation sites (N-methyl/N-ethyl adjacent to an activating group) is 1. The fourth-order valence-electron chi connectivity index (χ4n) is 1.38. The van der Waals surface area contributed by atoms with E-state index in [1.165, 1.54) is 14.0 Å². The molecule has 2 amide bonds. The van der Waals surface area contributed by atoms with Gasteiger partial charge in [0, 0.05) is 18.6 Å². The summed E-state index contributed by atoms with van der Waals surface area (Å²) >= 11 is 5.81. The molecule has 1 atom stereocenters. The standard InChI is InChI=1S/C13H15ClN2O3/c1-9(16(2)8-17)12(18)13(19)15-7-10-4-3-5-11(14)6-10/h3-6,8-9H,7H2,1-2H3,(H,15,19). The predicted molar refractivity (Wildman–Crippen MR) is 71.6 cm³/mol. The molecule has 0 saturated carbocycles. The number of hydrogen-bond donors (Lipinski definition) is 1. The highest BCUT2D eigenvalue weighted by Crippen LogP contribution is 2.10. The van der Waals surface area contributed by atoms with Gasteiger partial charge in [0.2, 0.25) is 12.2 Å². The number of nitrogens with zero attached hydrogens (tertiary/aromatic N) is 1. The van der Waals surface area contributed by atoms with Crippen molar-refractivity contribution in [2.75, 3.05) is 7.05 Å². The molecule has 1 N–H and O–H groups in total. The molecule has 0 aromatic heterocycles. The minimum absolute atomic E-state index is 0.211. The fraction of sp³-hybridized carbons (Fsp3) is 0.308. The van der Waals surface area contributed by atoms with Crippen LogP contribution in [0.2, 0.25) is 5.02 Å². The van der Waals surface area contributed by atoms with Crippen molar-refractivity contribution in [3.63, 3.8) is 0 Å². The van der Waals surface area contributed by atoms with Crippen molar-refractivity contribution >= 4 is 29.7 Å². The first kappa shape index (κ1) is 15.2. The number of rotatable bonds is 6. The van der Waals surface area contributed by atoms with Gasteiger partial charge in [-0.05, 0) is 24.6 Å². The zero-order valence-electron chi connectivity index (χ0n) is 10.7. The Hall–Kier alpha value is -1.88. The molecule has 0 fully saturated rings. The van der Waals surface area contributed by atoms with E-state index in [1.54, 1.807) is 24.3 Å². The Bertz CT molecular complexity index is 491. The molecule has 1 aromatic carbocycles. The van der Waals surface area contributed by atoms with Crippen LogP contribution in [0.15, 0.2) is 24.3 Å². The van der Waals surface area contributed by atoms with Crippen molar-refractivity contribution in [2.24, 2.45) is 0 Å². The molecule has 0 spiro atoms. The van der Waals surface area contributed by atoms with Crippen molar-refractivity contribution < 1.29 is 14.4 Å². The first-order chi connectivity index (χ1) is 8.95. The smallest absolute Gasteiger partial charge is 0.289 e. The molecule has 1 unspecified atom stereocenters. The summed E-state index contributed by atoms with van der Waals surface area (Å²) < 4.78 is 0. The van der Waals surface area contributed by atoms with E-state index in [0.717, 1.165) is 10.5 Å². The van der Waals surface area contributed by atoms with Gasteiger partial charge < -0.3 is 10.2 Å². The maximum absolute atomic E-state index is 11.7. The zero-order chi connectivity index (χ0) is 14.4. The van der Waals surface area contributed by atoms with Crippen LogP contribution in [0.25, 0.3) is 0 Å². The number of hydrogen-bond acceptors (Lipinski definition) is 3. The lowest BCUT2D eigenvalue weighted by Crippen LogP contribution is -2.43. The molecular formula is C13H15ClN2O3. The van der Waals surface area contributed by atoms with Gasteiger partial charge in [-0.15, -0.1) is 0 Å². The van der Waals surface area contributed by atoms with E-state index >= 15 is 0 Å². The summed E-state index contributed by atoms with van der Waals surface area (Å²) in [6, 6.07) is 6.19. The highest BCUT2D eigenvalue weighted by Gasteiger charge is 2.23. The van der Waals surface area contributed by atoms with E-state index in [2.05, 4.69) is 5.32 Å². The van der Waals surface area contributed by atoms with Crippen LogP contribution in [0, 0.1) is 0 Å². The summed E-state index contributed by atoms with van der Waals surface area (Å²) in [6.07, 6.45) is 0.507. The molecule has 1 aromatic rings. The second-order valence-electron chi connectivity index (χ2n) is 4.12. The van der Waals surface area contributed by atoms with Gasteiger partial charge in [0.25, 0.3) is 5.91 Å². The summed E-state index contributed by atoms with van der Waals surface area (Å²) in [5.74, 6) is -1.38.